The molecule has 4 nitrogen and oxygen atoms in total. The predicted octanol–water partition coefficient (Wildman–Crippen LogP) is 2.28. The van der Waals surface area contributed by atoms with E-state index in [0.29, 0.717) is 23.9 Å². The summed E-state index contributed by atoms with van der Waals surface area (Å²) in [4.78, 5) is 24.4. The third-order valence-electron chi connectivity index (χ3n) is 2.98. The Bertz CT molecular complexity index is 486. The minimum absolute atomic E-state index is 0.106. The molecule has 0 bridgehead atoms. The van der Waals surface area contributed by atoms with Crippen LogP contribution in [0.25, 0.3) is 0 Å². The van der Waals surface area contributed by atoms with Crippen LogP contribution in [0.4, 0.5) is 4.39 Å². The van der Waals surface area contributed by atoms with E-state index in [1.807, 2.05) is 0 Å². The van der Waals surface area contributed by atoms with E-state index in [4.69, 9.17) is 5.11 Å². The molecule has 0 aliphatic carbocycles. The summed E-state index contributed by atoms with van der Waals surface area (Å²) in [6.07, 6.45) is 1.03. The maximum Gasteiger partial charge on any atom is 0.326 e. The van der Waals surface area contributed by atoms with E-state index >= 15 is 0 Å². The van der Waals surface area contributed by atoms with Gasteiger partial charge in [0.05, 0.1) is 5.56 Å². The van der Waals surface area contributed by atoms with Gasteiger partial charge in [-0.05, 0) is 40.9 Å². The van der Waals surface area contributed by atoms with Crippen molar-refractivity contribution < 1.29 is 19.1 Å². The standard InChI is InChI=1S/C12H11BrFNO3/c13-7-3-1-4-8(14)10(7)11(16)15-6-2-5-9(15)12(17)18/h1,3-4,9H,2,5-6H2,(H,17,18). The molecule has 1 aliphatic heterocycles. The van der Waals surface area contributed by atoms with Crippen molar-refractivity contribution in [1.29, 1.82) is 0 Å². The molecule has 1 aliphatic rings. The molecule has 0 radical (unpaired) electrons. The first-order chi connectivity index (χ1) is 8.52. The number of carboxylic acid groups (broad SMARTS) is 1. The molecule has 0 spiro atoms. The Balaban J connectivity index is 2.34. The van der Waals surface area contributed by atoms with E-state index in [9.17, 15) is 14.0 Å². The fraction of sp³-hybridized carbons (Fsp3) is 0.333. The fourth-order valence-electron chi connectivity index (χ4n) is 2.11. The first-order valence-electron chi connectivity index (χ1n) is 5.50. The second-order valence-electron chi connectivity index (χ2n) is 4.09. The van der Waals surface area contributed by atoms with Crippen LogP contribution in [0, 0.1) is 5.82 Å². The van der Waals surface area contributed by atoms with Gasteiger partial charge in [0, 0.05) is 11.0 Å². The highest BCUT2D eigenvalue weighted by Gasteiger charge is 2.35. The van der Waals surface area contributed by atoms with Gasteiger partial charge in [-0.25, -0.2) is 9.18 Å². The van der Waals surface area contributed by atoms with Crippen molar-refractivity contribution in [3.05, 3.63) is 34.1 Å². The first kappa shape index (κ1) is 13.0. The van der Waals surface area contributed by atoms with E-state index in [0.717, 1.165) is 0 Å². The number of carbonyl (C=O) groups is 2. The monoisotopic (exact) mass is 315 g/mol. The van der Waals surface area contributed by atoms with Crippen molar-refractivity contribution in [2.75, 3.05) is 6.54 Å². The molecule has 0 aromatic heterocycles. The molecule has 96 valence electrons. The molecule has 1 N–H and O–H groups in total. The Morgan fingerprint density at radius 2 is 2.17 bits per heavy atom. The summed E-state index contributed by atoms with van der Waals surface area (Å²) in [5, 5.41) is 9.02. The van der Waals surface area contributed by atoms with Crippen LogP contribution < -0.4 is 0 Å². The SMILES string of the molecule is O=C(O)C1CCCN1C(=O)c1c(F)cccc1Br. The lowest BCUT2D eigenvalue weighted by molar-refractivity contribution is -0.141. The first-order valence-corrected chi connectivity index (χ1v) is 6.29. The molecule has 1 aromatic carbocycles. The second kappa shape index (κ2) is 5.06. The summed E-state index contributed by atoms with van der Waals surface area (Å²) in [7, 11) is 0. The van der Waals surface area contributed by atoms with E-state index in [1.54, 1.807) is 6.07 Å². The third-order valence-corrected chi connectivity index (χ3v) is 3.64. The topological polar surface area (TPSA) is 57.6 Å². The van der Waals surface area contributed by atoms with E-state index in [2.05, 4.69) is 15.9 Å². The Hall–Kier alpha value is -1.43. The van der Waals surface area contributed by atoms with Crippen LogP contribution in [0.2, 0.25) is 0 Å². The number of carboxylic acids is 1. The Morgan fingerprint density at radius 1 is 1.44 bits per heavy atom. The maximum absolute atomic E-state index is 13.7. The number of aliphatic carboxylic acids is 1. The Labute approximate surface area is 112 Å². The Kier molecular flexibility index (Phi) is 3.65. The van der Waals surface area contributed by atoms with Crippen LogP contribution in [0.3, 0.4) is 0 Å². The molecule has 1 fully saturated rings. The molecule has 0 saturated carbocycles. The predicted molar refractivity (Wildman–Crippen MR) is 65.8 cm³/mol. The van der Waals surface area contributed by atoms with Crippen LogP contribution in [0.5, 0.6) is 0 Å². The summed E-state index contributed by atoms with van der Waals surface area (Å²) in [6.45, 7) is 0.344. The zero-order valence-electron chi connectivity index (χ0n) is 9.40. The number of hydrogen-bond donors (Lipinski definition) is 1. The lowest BCUT2D eigenvalue weighted by atomic mass is 10.1. The largest absolute Gasteiger partial charge is 0.480 e. The number of benzene rings is 1. The van der Waals surface area contributed by atoms with E-state index < -0.39 is 23.7 Å². The molecular formula is C12H11BrFNO3. The molecule has 2 rings (SSSR count). The van der Waals surface area contributed by atoms with Crippen molar-refractivity contribution in [3.8, 4) is 0 Å². The number of amides is 1. The number of nitrogens with zero attached hydrogens (tertiary/aromatic N) is 1. The van der Waals surface area contributed by atoms with Gasteiger partial charge in [0.1, 0.15) is 11.9 Å². The molecular weight excluding hydrogens is 305 g/mol. The lowest BCUT2D eigenvalue weighted by Gasteiger charge is -2.22. The van der Waals surface area contributed by atoms with Gasteiger partial charge in [-0.2, -0.15) is 0 Å². The minimum atomic E-state index is -1.05. The van der Waals surface area contributed by atoms with Gasteiger partial charge in [-0.3, -0.25) is 4.79 Å². The van der Waals surface area contributed by atoms with Gasteiger partial charge in [0.25, 0.3) is 5.91 Å². The summed E-state index contributed by atoms with van der Waals surface area (Å²) in [5.74, 6) is -2.27. The van der Waals surface area contributed by atoms with Crippen molar-refractivity contribution in [1.82, 2.24) is 4.90 Å². The highest BCUT2D eigenvalue weighted by atomic mass is 79.9. The second-order valence-corrected chi connectivity index (χ2v) is 4.95. The lowest BCUT2D eigenvalue weighted by Crippen LogP contribution is -2.40. The van der Waals surface area contributed by atoms with Gasteiger partial charge in [-0.15, -0.1) is 0 Å². The smallest absolute Gasteiger partial charge is 0.326 e. The molecule has 1 heterocycles. The normalized spacial score (nSPS) is 19.0. The molecule has 18 heavy (non-hydrogen) atoms. The number of likely N-dealkylation sites (tertiary alicyclic amines) is 1. The van der Waals surface area contributed by atoms with E-state index in [-0.39, 0.29) is 5.56 Å². The van der Waals surface area contributed by atoms with Crippen LogP contribution in [-0.2, 0) is 4.79 Å². The summed E-state index contributed by atoms with van der Waals surface area (Å²) in [5.41, 5.74) is -0.106. The quantitative estimate of drug-likeness (QED) is 0.911. The summed E-state index contributed by atoms with van der Waals surface area (Å²) in [6, 6.07) is 3.37. The maximum atomic E-state index is 13.7. The zero-order valence-corrected chi connectivity index (χ0v) is 11.0. The van der Waals surface area contributed by atoms with Gasteiger partial charge < -0.3 is 10.0 Å². The van der Waals surface area contributed by atoms with E-state index in [1.165, 1.54) is 17.0 Å². The number of hydrogen-bond acceptors (Lipinski definition) is 2. The Morgan fingerprint density at radius 3 is 2.78 bits per heavy atom. The van der Waals surface area contributed by atoms with Gasteiger partial charge in [0.2, 0.25) is 0 Å². The highest BCUT2D eigenvalue weighted by molar-refractivity contribution is 9.10. The number of carbonyl (C=O) groups excluding carboxylic acids is 1. The third kappa shape index (κ3) is 2.25. The molecule has 1 atom stereocenters. The molecule has 1 amide bonds. The van der Waals surface area contributed by atoms with Crippen molar-refractivity contribution in [2.45, 2.75) is 18.9 Å². The number of rotatable bonds is 2. The number of halogens is 2. The highest BCUT2D eigenvalue weighted by Crippen LogP contribution is 2.26. The van der Waals surface area contributed by atoms with Crippen LogP contribution >= 0.6 is 15.9 Å². The van der Waals surface area contributed by atoms with Crippen LogP contribution in [0.1, 0.15) is 23.2 Å². The van der Waals surface area contributed by atoms with Gasteiger partial charge in [-0.1, -0.05) is 6.07 Å². The molecule has 1 unspecified atom stereocenters. The average Bonchev–Trinajstić information content (AvgIpc) is 2.77. The summed E-state index contributed by atoms with van der Waals surface area (Å²) >= 11 is 3.12. The van der Waals surface area contributed by atoms with Gasteiger partial charge in [0.15, 0.2) is 0 Å². The van der Waals surface area contributed by atoms with Gasteiger partial charge >= 0.3 is 5.97 Å². The zero-order chi connectivity index (χ0) is 13.3. The van der Waals surface area contributed by atoms with Crippen molar-refractivity contribution in [2.24, 2.45) is 0 Å². The molecule has 1 saturated heterocycles. The molecule has 6 heteroatoms. The van der Waals surface area contributed by atoms with Crippen LogP contribution in [-0.4, -0.2) is 34.5 Å². The van der Waals surface area contributed by atoms with Crippen LogP contribution in [0.15, 0.2) is 22.7 Å². The molecule has 1 aromatic rings. The fourth-order valence-corrected chi connectivity index (χ4v) is 2.62. The van der Waals surface area contributed by atoms with Crippen molar-refractivity contribution in [3.63, 3.8) is 0 Å². The average molecular weight is 316 g/mol. The minimum Gasteiger partial charge on any atom is -0.480 e. The summed E-state index contributed by atoms with van der Waals surface area (Å²) < 4.78 is 14.0. The van der Waals surface area contributed by atoms with Crippen molar-refractivity contribution >= 4 is 27.8 Å².